The second kappa shape index (κ2) is 4.39. The van der Waals surface area contributed by atoms with Crippen molar-refractivity contribution < 1.29 is 4.42 Å². The Morgan fingerprint density at radius 2 is 2.22 bits per heavy atom. The molecule has 0 atom stereocenters. The molecule has 0 saturated heterocycles. The number of hydrogen-bond acceptors (Lipinski definition) is 3. The zero-order valence-corrected chi connectivity index (χ0v) is 10.9. The SMILES string of the molecule is CCc1ccc2oc(CC3(CN)CCC3)nc2c1. The van der Waals surface area contributed by atoms with Crippen LogP contribution in [0.4, 0.5) is 0 Å². The van der Waals surface area contributed by atoms with Crippen LogP contribution in [-0.4, -0.2) is 11.5 Å². The van der Waals surface area contributed by atoms with Gasteiger partial charge in [0.15, 0.2) is 11.5 Å². The number of aromatic nitrogens is 1. The lowest BCUT2D eigenvalue weighted by Gasteiger charge is -2.39. The molecule has 1 aromatic carbocycles. The number of hydrogen-bond donors (Lipinski definition) is 1. The van der Waals surface area contributed by atoms with E-state index in [1.165, 1.54) is 24.8 Å². The van der Waals surface area contributed by atoms with Crippen LogP contribution in [0.25, 0.3) is 11.1 Å². The molecule has 0 radical (unpaired) electrons. The van der Waals surface area contributed by atoms with Gasteiger partial charge in [0.1, 0.15) is 5.52 Å². The summed E-state index contributed by atoms with van der Waals surface area (Å²) in [7, 11) is 0. The van der Waals surface area contributed by atoms with Gasteiger partial charge in [-0.15, -0.1) is 0 Å². The van der Waals surface area contributed by atoms with Crippen LogP contribution in [0.2, 0.25) is 0 Å². The summed E-state index contributed by atoms with van der Waals surface area (Å²) in [5.41, 5.74) is 9.33. The van der Waals surface area contributed by atoms with Crippen LogP contribution in [0.15, 0.2) is 22.6 Å². The Balaban J connectivity index is 1.88. The highest BCUT2D eigenvalue weighted by atomic mass is 16.3. The number of oxazole rings is 1. The largest absolute Gasteiger partial charge is 0.441 e. The normalized spacial score (nSPS) is 17.9. The molecule has 3 nitrogen and oxygen atoms in total. The monoisotopic (exact) mass is 244 g/mol. The number of nitrogens with two attached hydrogens (primary N) is 1. The summed E-state index contributed by atoms with van der Waals surface area (Å²) in [5, 5.41) is 0. The molecular weight excluding hydrogens is 224 g/mol. The zero-order valence-electron chi connectivity index (χ0n) is 10.9. The summed E-state index contributed by atoms with van der Waals surface area (Å²) >= 11 is 0. The van der Waals surface area contributed by atoms with Crippen LogP contribution in [0.5, 0.6) is 0 Å². The Kier molecular flexibility index (Phi) is 2.86. The zero-order chi connectivity index (χ0) is 12.6. The van der Waals surface area contributed by atoms with Crippen molar-refractivity contribution in [2.45, 2.75) is 39.0 Å². The molecule has 1 aliphatic rings. The van der Waals surface area contributed by atoms with Gasteiger partial charge in [0, 0.05) is 6.42 Å². The van der Waals surface area contributed by atoms with Gasteiger partial charge in [-0.1, -0.05) is 19.4 Å². The third-order valence-corrected chi connectivity index (χ3v) is 4.28. The minimum absolute atomic E-state index is 0.258. The van der Waals surface area contributed by atoms with Crippen molar-refractivity contribution in [3.63, 3.8) is 0 Å². The number of aryl methyl sites for hydroxylation is 1. The van der Waals surface area contributed by atoms with Crippen molar-refractivity contribution in [2.24, 2.45) is 11.1 Å². The molecule has 1 heterocycles. The van der Waals surface area contributed by atoms with Gasteiger partial charge < -0.3 is 10.2 Å². The molecule has 1 aliphatic carbocycles. The number of rotatable bonds is 4. The first-order valence-electron chi connectivity index (χ1n) is 6.83. The van der Waals surface area contributed by atoms with Gasteiger partial charge in [-0.25, -0.2) is 4.98 Å². The van der Waals surface area contributed by atoms with E-state index in [1.807, 2.05) is 6.07 Å². The Hall–Kier alpha value is -1.35. The van der Waals surface area contributed by atoms with Crippen molar-refractivity contribution in [3.05, 3.63) is 29.7 Å². The summed E-state index contributed by atoms with van der Waals surface area (Å²) in [4.78, 5) is 4.61. The highest BCUT2D eigenvalue weighted by Crippen LogP contribution is 2.42. The van der Waals surface area contributed by atoms with E-state index in [0.717, 1.165) is 36.4 Å². The highest BCUT2D eigenvalue weighted by Gasteiger charge is 2.37. The average molecular weight is 244 g/mol. The maximum atomic E-state index is 5.89. The molecule has 1 saturated carbocycles. The minimum atomic E-state index is 0.258. The summed E-state index contributed by atoms with van der Waals surface area (Å²) in [6.45, 7) is 2.89. The van der Waals surface area contributed by atoms with Crippen LogP contribution in [0, 0.1) is 5.41 Å². The maximum absolute atomic E-state index is 5.89. The lowest BCUT2D eigenvalue weighted by Crippen LogP contribution is -2.39. The van der Waals surface area contributed by atoms with E-state index in [9.17, 15) is 0 Å². The molecular formula is C15H20N2O. The molecule has 0 spiro atoms. The number of nitrogens with zero attached hydrogens (tertiary/aromatic N) is 1. The fourth-order valence-corrected chi connectivity index (χ4v) is 2.77. The van der Waals surface area contributed by atoms with Gasteiger partial charge in [-0.3, -0.25) is 0 Å². The lowest BCUT2D eigenvalue weighted by atomic mass is 9.67. The van der Waals surface area contributed by atoms with Crippen LogP contribution >= 0.6 is 0 Å². The third-order valence-electron chi connectivity index (χ3n) is 4.28. The van der Waals surface area contributed by atoms with E-state index in [2.05, 4.69) is 24.0 Å². The maximum Gasteiger partial charge on any atom is 0.196 e. The van der Waals surface area contributed by atoms with E-state index in [4.69, 9.17) is 10.2 Å². The van der Waals surface area contributed by atoms with Crippen molar-refractivity contribution in [2.75, 3.05) is 6.54 Å². The molecule has 0 amide bonds. The van der Waals surface area contributed by atoms with Gasteiger partial charge in [0.25, 0.3) is 0 Å². The van der Waals surface area contributed by atoms with Crippen LogP contribution < -0.4 is 5.73 Å². The van der Waals surface area contributed by atoms with Crippen molar-refractivity contribution >= 4 is 11.1 Å². The Labute approximate surface area is 107 Å². The minimum Gasteiger partial charge on any atom is -0.441 e. The molecule has 96 valence electrons. The quantitative estimate of drug-likeness (QED) is 0.899. The van der Waals surface area contributed by atoms with Crippen LogP contribution in [-0.2, 0) is 12.8 Å². The summed E-state index contributed by atoms with van der Waals surface area (Å²) in [5.74, 6) is 0.850. The first-order valence-corrected chi connectivity index (χ1v) is 6.83. The van der Waals surface area contributed by atoms with E-state index in [0.29, 0.717) is 0 Å². The van der Waals surface area contributed by atoms with Crippen LogP contribution in [0.1, 0.15) is 37.6 Å². The molecule has 3 heteroatoms. The van der Waals surface area contributed by atoms with Crippen molar-refractivity contribution in [3.8, 4) is 0 Å². The standard InChI is InChI=1S/C15H20N2O/c1-2-11-4-5-13-12(8-11)17-14(18-13)9-15(10-16)6-3-7-15/h4-5,8H,2-3,6-7,9-10,16H2,1H3. The van der Waals surface area contributed by atoms with E-state index >= 15 is 0 Å². The third kappa shape index (κ3) is 1.93. The van der Waals surface area contributed by atoms with Gasteiger partial charge >= 0.3 is 0 Å². The topological polar surface area (TPSA) is 52.0 Å². The second-order valence-electron chi connectivity index (χ2n) is 5.50. The molecule has 18 heavy (non-hydrogen) atoms. The molecule has 0 aliphatic heterocycles. The van der Waals surface area contributed by atoms with Gasteiger partial charge in [0.2, 0.25) is 0 Å². The summed E-state index contributed by atoms with van der Waals surface area (Å²) in [6.07, 6.45) is 5.63. The molecule has 2 aromatic rings. The Morgan fingerprint density at radius 3 is 2.83 bits per heavy atom. The van der Waals surface area contributed by atoms with Crippen molar-refractivity contribution in [1.29, 1.82) is 0 Å². The predicted molar refractivity (Wildman–Crippen MR) is 72.4 cm³/mol. The first-order chi connectivity index (χ1) is 8.74. The summed E-state index contributed by atoms with van der Waals surface area (Å²) in [6, 6.07) is 6.26. The number of benzene rings is 1. The predicted octanol–water partition coefficient (Wildman–Crippen LogP) is 3.06. The molecule has 3 rings (SSSR count). The second-order valence-corrected chi connectivity index (χ2v) is 5.50. The fraction of sp³-hybridized carbons (Fsp3) is 0.533. The number of fused-ring (bicyclic) bond motifs is 1. The Morgan fingerprint density at radius 1 is 1.39 bits per heavy atom. The molecule has 0 bridgehead atoms. The highest BCUT2D eigenvalue weighted by molar-refractivity contribution is 5.73. The summed E-state index contributed by atoms with van der Waals surface area (Å²) < 4.78 is 5.83. The van der Waals surface area contributed by atoms with Crippen LogP contribution in [0.3, 0.4) is 0 Å². The van der Waals surface area contributed by atoms with E-state index < -0.39 is 0 Å². The molecule has 2 N–H and O–H groups in total. The smallest absolute Gasteiger partial charge is 0.196 e. The molecule has 1 aromatic heterocycles. The van der Waals surface area contributed by atoms with Crippen molar-refractivity contribution in [1.82, 2.24) is 4.98 Å². The lowest BCUT2D eigenvalue weighted by molar-refractivity contribution is 0.134. The molecule has 0 unspecified atom stereocenters. The van der Waals surface area contributed by atoms with Gasteiger partial charge in [-0.05, 0) is 48.9 Å². The average Bonchev–Trinajstić information content (AvgIpc) is 2.74. The van der Waals surface area contributed by atoms with Gasteiger partial charge in [0.05, 0.1) is 0 Å². The molecule has 1 fully saturated rings. The van der Waals surface area contributed by atoms with E-state index in [1.54, 1.807) is 0 Å². The first kappa shape index (κ1) is 11.7. The van der Waals surface area contributed by atoms with E-state index in [-0.39, 0.29) is 5.41 Å². The Bertz CT molecular complexity index is 549. The van der Waals surface area contributed by atoms with Gasteiger partial charge in [-0.2, -0.15) is 0 Å². The fourth-order valence-electron chi connectivity index (χ4n) is 2.77.